The lowest BCUT2D eigenvalue weighted by Crippen LogP contribution is -2.11. The van der Waals surface area contributed by atoms with Crippen LogP contribution in [0.2, 0.25) is 0 Å². The molecule has 2 N–H and O–H groups in total. The first-order chi connectivity index (χ1) is 7.09. The highest BCUT2D eigenvalue weighted by atomic mass is 32.1. The number of rotatable bonds is 2. The Morgan fingerprint density at radius 3 is 2.87 bits per heavy atom. The normalized spacial score (nSPS) is 10.4. The zero-order valence-corrected chi connectivity index (χ0v) is 8.15. The lowest BCUT2D eigenvalue weighted by molar-refractivity contribution is -0.384. The summed E-state index contributed by atoms with van der Waals surface area (Å²) in [7, 11) is 0. The van der Waals surface area contributed by atoms with E-state index in [2.05, 4.69) is 4.37 Å². The van der Waals surface area contributed by atoms with E-state index in [0.717, 1.165) is 11.5 Å². The number of benzene rings is 1. The monoisotopic (exact) mass is 223 g/mol. The van der Waals surface area contributed by atoms with E-state index in [9.17, 15) is 14.9 Å². The Labute approximate surface area is 87.6 Å². The lowest BCUT2D eigenvalue weighted by atomic mass is 10.2. The van der Waals surface area contributed by atoms with Crippen molar-refractivity contribution in [1.29, 1.82) is 0 Å². The van der Waals surface area contributed by atoms with Gasteiger partial charge < -0.3 is 5.73 Å². The number of non-ortho nitro benzene ring substituents is 1. The maximum atomic E-state index is 11.0. The van der Waals surface area contributed by atoms with Crippen molar-refractivity contribution < 1.29 is 9.72 Å². The highest BCUT2D eigenvalue weighted by molar-refractivity contribution is 7.13. The molecule has 0 aliphatic rings. The van der Waals surface area contributed by atoms with Gasteiger partial charge in [-0.05, 0) is 17.6 Å². The summed E-state index contributed by atoms with van der Waals surface area (Å²) in [5, 5.41) is 11.0. The Morgan fingerprint density at radius 1 is 1.53 bits per heavy atom. The maximum absolute atomic E-state index is 11.0. The number of hydrogen-bond donors (Lipinski definition) is 1. The molecular formula is C8H5N3O3S. The van der Waals surface area contributed by atoms with Crippen LogP contribution in [0.15, 0.2) is 18.2 Å². The smallest absolute Gasteiger partial charge is 0.270 e. The molecule has 0 saturated heterocycles. The SMILES string of the molecule is NC(=O)c1nsc2ccc([N+](=O)[O-])cc12. The molecular weight excluding hydrogens is 218 g/mol. The van der Waals surface area contributed by atoms with Gasteiger partial charge in [-0.2, -0.15) is 4.37 Å². The van der Waals surface area contributed by atoms with E-state index in [0.29, 0.717) is 10.1 Å². The summed E-state index contributed by atoms with van der Waals surface area (Å²) < 4.78 is 4.54. The summed E-state index contributed by atoms with van der Waals surface area (Å²) in [6.45, 7) is 0. The van der Waals surface area contributed by atoms with Gasteiger partial charge >= 0.3 is 0 Å². The Bertz CT molecular complexity index is 563. The van der Waals surface area contributed by atoms with Crippen molar-refractivity contribution >= 4 is 33.2 Å². The molecule has 1 heterocycles. The molecule has 0 saturated carbocycles. The summed E-state index contributed by atoms with van der Waals surface area (Å²) in [6.07, 6.45) is 0. The third kappa shape index (κ3) is 1.52. The van der Waals surface area contributed by atoms with E-state index in [1.165, 1.54) is 12.1 Å². The van der Waals surface area contributed by atoms with Crippen LogP contribution in [0.3, 0.4) is 0 Å². The van der Waals surface area contributed by atoms with Crippen LogP contribution < -0.4 is 5.73 Å². The molecule has 15 heavy (non-hydrogen) atoms. The second-order valence-corrected chi connectivity index (χ2v) is 3.64. The molecule has 0 fully saturated rings. The second-order valence-electron chi connectivity index (χ2n) is 2.83. The van der Waals surface area contributed by atoms with Crippen LogP contribution in [0.5, 0.6) is 0 Å². The summed E-state index contributed by atoms with van der Waals surface area (Å²) in [4.78, 5) is 20.9. The summed E-state index contributed by atoms with van der Waals surface area (Å²) in [5.41, 5.74) is 5.09. The number of aromatic nitrogens is 1. The molecule has 76 valence electrons. The van der Waals surface area contributed by atoms with Crippen LogP contribution in [0.1, 0.15) is 10.5 Å². The number of nitrogens with two attached hydrogens (primary N) is 1. The highest BCUT2D eigenvalue weighted by Gasteiger charge is 2.14. The molecule has 0 spiro atoms. The molecule has 2 aromatic rings. The summed E-state index contributed by atoms with van der Waals surface area (Å²) >= 11 is 1.09. The van der Waals surface area contributed by atoms with E-state index in [1.807, 2.05) is 0 Å². The van der Waals surface area contributed by atoms with Crippen molar-refractivity contribution in [2.45, 2.75) is 0 Å². The largest absolute Gasteiger partial charge is 0.364 e. The number of hydrogen-bond acceptors (Lipinski definition) is 5. The molecule has 1 aromatic heterocycles. The average molecular weight is 223 g/mol. The molecule has 1 aromatic carbocycles. The Balaban J connectivity index is 2.72. The van der Waals surface area contributed by atoms with E-state index < -0.39 is 10.8 Å². The first kappa shape index (κ1) is 9.53. The predicted molar refractivity (Wildman–Crippen MR) is 54.8 cm³/mol. The Hall–Kier alpha value is -2.02. The molecule has 7 heteroatoms. The van der Waals surface area contributed by atoms with Crippen LogP contribution in [-0.2, 0) is 0 Å². The van der Waals surface area contributed by atoms with Crippen molar-refractivity contribution in [3.63, 3.8) is 0 Å². The number of nitro groups is 1. The van der Waals surface area contributed by atoms with Gasteiger partial charge in [0.15, 0.2) is 0 Å². The van der Waals surface area contributed by atoms with Crippen LogP contribution in [-0.4, -0.2) is 15.2 Å². The van der Waals surface area contributed by atoms with Gasteiger partial charge in [0.1, 0.15) is 5.69 Å². The molecule has 1 amide bonds. The maximum Gasteiger partial charge on any atom is 0.270 e. The molecule has 2 rings (SSSR count). The number of primary amides is 1. The molecule has 0 atom stereocenters. The van der Waals surface area contributed by atoms with E-state index in [-0.39, 0.29) is 11.4 Å². The molecule has 0 radical (unpaired) electrons. The van der Waals surface area contributed by atoms with Crippen LogP contribution in [0, 0.1) is 10.1 Å². The number of carbonyl (C=O) groups is 1. The fraction of sp³-hybridized carbons (Fsp3) is 0. The van der Waals surface area contributed by atoms with E-state index >= 15 is 0 Å². The number of nitro benzene ring substituents is 1. The first-order valence-corrected chi connectivity index (χ1v) is 4.70. The third-order valence-corrected chi connectivity index (χ3v) is 2.72. The predicted octanol–water partition coefficient (Wildman–Crippen LogP) is 1.30. The summed E-state index contributed by atoms with van der Waals surface area (Å²) in [6, 6.07) is 4.22. The number of fused-ring (bicyclic) bond motifs is 1. The van der Waals surface area contributed by atoms with Gasteiger partial charge in [-0.3, -0.25) is 14.9 Å². The van der Waals surface area contributed by atoms with Crippen LogP contribution in [0.4, 0.5) is 5.69 Å². The zero-order chi connectivity index (χ0) is 11.0. The van der Waals surface area contributed by atoms with Crippen molar-refractivity contribution in [2.75, 3.05) is 0 Å². The summed E-state index contributed by atoms with van der Waals surface area (Å²) in [5.74, 6) is -0.679. The highest BCUT2D eigenvalue weighted by Crippen LogP contribution is 2.26. The van der Waals surface area contributed by atoms with E-state index in [4.69, 9.17) is 5.73 Å². The fourth-order valence-corrected chi connectivity index (χ4v) is 1.98. The first-order valence-electron chi connectivity index (χ1n) is 3.93. The average Bonchev–Trinajstić information content (AvgIpc) is 2.59. The quantitative estimate of drug-likeness (QED) is 0.612. The molecule has 6 nitrogen and oxygen atoms in total. The van der Waals surface area contributed by atoms with Gasteiger partial charge in [-0.25, -0.2) is 0 Å². The topological polar surface area (TPSA) is 99.1 Å². The van der Waals surface area contributed by atoms with E-state index in [1.54, 1.807) is 6.07 Å². The number of amides is 1. The van der Waals surface area contributed by atoms with Crippen molar-refractivity contribution in [3.8, 4) is 0 Å². The molecule has 0 aliphatic carbocycles. The number of nitrogens with zero attached hydrogens (tertiary/aromatic N) is 2. The Kier molecular flexibility index (Phi) is 2.09. The second kappa shape index (κ2) is 3.28. The minimum absolute atomic E-state index is 0.0785. The lowest BCUT2D eigenvalue weighted by Gasteiger charge is -1.92. The van der Waals surface area contributed by atoms with Crippen LogP contribution >= 0.6 is 11.5 Å². The van der Waals surface area contributed by atoms with Gasteiger partial charge in [0.2, 0.25) is 0 Å². The Morgan fingerprint density at radius 2 is 2.27 bits per heavy atom. The molecule has 0 aliphatic heterocycles. The van der Waals surface area contributed by atoms with Gasteiger partial charge in [-0.15, -0.1) is 0 Å². The molecule has 0 unspecified atom stereocenters. The third-order valence-electron chi connectivity index (χ3n) is 1.90. The van der Waals surface area contributed by atoms with Crippen molar-refractivity contribution in [1.82, 2.24) is 4.37 Å². The standard InChI is InChI=1S/C8H5N3O3S/c9-8(12)7-5-3-4(11(13)14)1-2-6(5)15-10-7/h1-3H,(H2,9,12). The molecule has 0 bridgehead atoms. The zero-order valence-electron chi connectivity index (χ0n) is 7.34. The fourth-order valence-electron chi connectivity index (χ4n) is 1.22. The van der Waals surface area contributed by atoms with Crippen molar-refractivity contribution in [3.05, 3.63) is 34.0 Å². The van der Waals surface area contributed by atoms with Gasteiger partial charge in [-0.1, -0.05) is 0 Å². The van der Waals surface area contributed by atoms with Crippen LogP contribution in [0.25, 0.3) is 10.1 Å². The van der Waals surface area contributed by atoms with Gasteiger partial charge in [0.05, 0.1) is 9.62 Å². The van der Waals surface area contributed by atoms with Gasteiger partial charge in [0.25, 0.3) is 11.6 Å². The van der Waals surface area contributed by atoms with Crippen molar-refractivity contribution in [2.24, 2.45) is 5.73 Å². The minimum Gasteiger partial charge on any atom is -0.364 e. The minimum atomic E-state index is -0.679. The van der Waals surface area contributed by atoms with Gasteiger partial charge in [0, 0.05) is 17.5 Å². The number of carbonyl (C=O) groups excluding carboxylic acids is 1.